The van der Waals surface area contributed by atoms with E-state index in [2.05, 4.69) is 17.6 Å². The molecule has 4 amide bonds. The molecule has 1 aliphatic carbocycles. The lowest BCUT2D eigenvalue weighted by atomic mass is 9.77. The molecule has 0 aromatic heterocycles. The third-order valence-corrected chi connectivity index (χ3v) is 5.54. The van der Waals surface area contributed by atoms with Crippen molar-refractivity contribution in [3.05, 3.63) is 29.0 Å². The number of imide groups is 1. The summed E-state index contributed by atoms with van der Waals surface area (Å²) >= 11 is 5.81. The highest BCUT2D eigenvalue weighted by molar-refractivity contribution is 6.33. The maximum absolute atomic E-state index is 13.0. The maximum atomic E-state index is 13.0. The Morgan fingerprint density at radius 1 is 1.34 bits per heavy atom. The fraction of sp³-hybridized carbons (Fsp3) is 0.474. The van der Waals surface area contributed by atoms with Crippen LogP contribution in [0, 0.1) is 11.7 Å². The lowest BCUT2D eigenvalue weighted by Gasteiger charge is -2.33. The Balaban J connectivity index is 1.51. The molecule has 1 aromatic rings. The van der Waals surface area contributed by atoms with E-state index < -0.39 is 48.3 Å². The van der Waals surface area contributed by atoms with E-state index in [9.17, 15) is 23.6 Å². The van der Waals surface area contributed by atoms with E-state index in [4.69, 9.17) is 16.3 Å². The van der Waals surface area contributed by atoms with Gasteiger partial charge in [-0.2, -0.15) is 0 Å². The molecule has 0 unspecified atom stereocenters. The molecular weight excluding hydrogens is 405 g/mol. The monoisotopic (exact) mass is 425 g/mol. The van der Waals surface area contributed by atoms with E-state index in [-0.39, 0.29) is 10.7 Å². The first-order chi connectivity index (χ1) is 13.7. The van der Waals surface area contributed by atoms with Crippen LogP contribution in [0.15, 0.2) is 18.2 Å². The molecule has 29 heavy (non-hydrogen) atoms. The summed E-state index contributed by atoms with van der Waals surface area (Å²) in [5.74, 6) is -2.10. The van der Waals surface area contributed by atoms with Crippen LogP contribution in [0.1, 0.15) is 32.6 Å². The molecule has 2 fully saturated rings. The standard InChI is InChI=1S/C19H21ClFN3O5/c1-11-4-6-19(7-5-11)17(27)24(18(28)23-19)9-16(26)29-10-15(25)22-14-3-2-12(21)8-13(14)20/h2-3,8,11H,4-7,9-10H2,1H3,(H,22,25)(H,23,28). The van der Waals surface area contributed by atoms with Gasteiger partial charge >= 0.3 is 12.0 Å². The number of benzene rings is 1. The van der Waals surface area contributed by atoms with Crippen molar-refractivity contribution in [2.24, 2.45) is 5.92 Å². The number of hydrogen-bond acceptors (Lipinski definition) is 5. The third-order valence-electron chi connectivity index (χ3n) is 5.23. The van der Waals surface area contributed by atoms with E-state index in [0.29, 0.717) is 18.8 Å². The van der Waals surface area contributed by atoms with Gasteiger partial charge in [0.25, 0.3) is 11.8 Å². The van der Waals surface area contributed by atoms with Gasteiger partial charge in [-0.15, -0.1) is 0 Å². The summed E-state index contributed by atoms with van der Waals surface area (Å²) in [6.45, 7) is 0.874. The largest absolute Gasteiger partial charge is 0.454 e. The molecular formula is C19H21ClFN3O5. The van der Waals surface area contributed by atoms with Gasteiger partial charge in [0.2, 0.25) is 0 Å². The molecule has 2 N–H and O–H groups in total. The van der Waals surface area contributed by atoms with Gasteiger partial charge in [-0.1, -0.05) is 18.5 Å². The molecule has 10 heteroatoms. The molecule has 1 heterocycles. The van der Waals surface area contributed by atoms with Gasteiger partial charge in [-0.05, 0) is 49.8 Å². The van der Waals surface area contributed by atoms with Gasteiger partial charge in [0.1, 0.15) is 17.9 Å². The van der Waals surface area contributed by atoms with E-state index in [0.717, 1.165) is 29.9 Å². The van der Waals surface area contributed by atoms with Crippen molar-refractivity contribution in [2.75, 3.05) is 18.5 Å². The van der Waals surface area contributed by atoms with Crippen LogP contribution in [0.5, 0.6) is 0 Å². The van der Waals surface area contributed by atoms with Crippen LogP contribution >= 0.6 is 11.6 Å². The summed E-state index contributed by atoms with van der Waals surface area (Å²) in [4.78, 5) is 49.6. The Morgan fingerprint density at radius 3 is 2.69 bits per heavy atom. The average molecular weight is 426 g/mol. The molecule has 0 atom stereocenters. The van der Waals surface area contributed by atoms with Crippen molar-refractivity contribution in [1.82, 2.24) is 10.2 Å². The fourth-order valence-electron chi connectivity index (χ4n) is 3.51. The topological polar surface area (TPSA) is 105 Å². The van der Waals surface area contributed by atoms with Crippen molar-refractivity contribution in [2.45, 2.75) is 38.1 Å². The molecule has 1 spiro atoms. The number of esters is 1. The Labute approximate surface area is 171 Å². The highest BCUT2D eigenvalue weighted by atomic mass is 35.5. The molecule has 8 nitrogen and oxygen atoms in total. The first-order valence-electron chi connectivity index (χ1n) is 9.25. The number of rotatable bonds is 5. The molecule has 1 saturated carbocycles. The predicted molar refractivity (Wildman–Crippen MR) is 102 cm³/mol. The lowest BCUT2D eigenvalue weighted by Crippen LogP contribution is -2.49. The van der Waals surface area contributed by atoms with Gasteiger partial charge in [0, 0.05) is 0 Å². The predicted octanol–water partition coefficient (Wildman–Crippen LogP) is 2.46. The smallest absolute Gasteiger partial charge is 0.326 e. The van der Waals surface area contributed by atoms with E-state index >= 15 is 0 Å². The molecule has 1 aromatic carbocycles. The van der Waals surface area contributed by atoms with E-state index in [1.807, 2.05) is 0 Å². The minimum Gasteiger partial charge on any atom is -0.454 e. The normalized spacial score (nSPS) is 23.8. The average Bonchev–Trinajstić information content (AvgIpc) is 2.89. The minimum absolute atomic E-state index is 0.00360. The SMILES string of the molecule is CC1CCC2(CC1)NC(=O)N(CC(=O)OCC(=O)Nc1ccc(F)cc1Cl)C2=O. The quantitative estimate of drug-likeness (QED) is 0.557. The second-order valence-corrected chi connectivity index (χ2v) is 7.83. The van der Waals surface area contributed by atoms with Gasteiger partial charge in [-0.25, -0.2) is 9.18 Å². The Kier molecular flexibility index (Phi) is 6.07. The van der Waals surface area contributed by atoms with E-state index in [1.165, 1.54) is 6.07 Å². The molecule has 3 rings (SSSR count). The highest BCUT2D eigenvalue weighted by Gasteiger charge is 2.52. The number of hydrogen-bond donors (Lipinski definition) is 2. The van der Waals surface area contributed by atoms with Crippen LogP contribution in [0.25, 0.3) is 0 Å². The van der Waals surface area contributed by atoms with Gasteiger partial charge in [-0.3, -0.25) is 19.3 Å². The highest BCUT2D eigenvalue weighted by Crippen LogP contribution is 2.36. The molecule has 1 aliphatic heterocycles. The Hall–Kier alpha value is -2.68. The molecule has 2 aliphatic rings. The number of urea groups is 1. The van der Waals surface area contributed by atoms with Crippen LogP contribution in [0.2, 0.25) is 5.02 Å². The Bertz CT molecular complexity index is 854. The molecule has 0 bridgehead atoms. The van der Waals surface area contributed by atoms with E-state index in [1.54, 1.807) is 0 Å². The zero-order valence-electron chi connectivity index (χ0n) is 15.8. The van der Waals surface area contributed by atoms with Crippen LogP contribution in [-0.2, 0) is 19.1 Å². The number of carbonyl (C=O) groups is 4. The fourth-order valence-corrected chi connectivity index (χ4v) is 3.73. The van der Waals surface area contributed by atoms with Crippen LogP contribution < -0.4 is 10.6 Å². The summed E-state index contributed by atoms with van der Waals surface area (Å²) in [5.41, 5.74) is -0.780. The number of carbonyl (C=O) groups excluding carboxylic acids is 4. The third kappa shape index (κ3) is 4.67. The lowest BCUT2D eigenvalue weighted by molar-refractivity contribution is -0.150. The number of amides is 4. The van der Waals surface area contributed by atoms with Crippen molar-refractivity contribution in [1.29, 1.82) is 0 Å². The summed E-state index contributed by atoms with van der Waals surface area (Å²) in [7, 11) is 0. The van der Waals surface area contributed by atoms with Crippen molar-refractivity contribution in [3.63, 3.8) is 0 Å². The molecule has 0 radical (unpaired) electrons. The number of nitrogens with one attached hydrogen (secondary N) is 2. The van der Waals surface area contributed by atoms with Crippen molar-refractivity contribution >= 4 is 41.1 Å². The number of ether oxygens (including phenoxy) is 1. The van der Waals surface area contributed by atoms with Gasteiger partial charge in [0.05, 0.1) is 10.7 Å². The summed E-state index contributed by atoms with van der Waals surface area (Å²) in [5, 5.41) is 5.08. The molecule has 156 valence electrons. The zero-order chi connectivity index (χ0) is 21.2. The number of halogens is 2. The first kappa shape index (κ1) is 21.0. The molecule has 1 saturated heterocycles. The van der Waals surface area contributed by atoms with Crippen LogP contribution in [-0.4, -0.2) is 47.4 Å². The second-order valence-electron chi connectivity index (χ2n) is 7.42. The maximum Gasteiger partial charge on any atom is 0.326 e. The van der Waals surface area contributed by atoms with Crippen LogP contribution in [0.4, 0.5) is 14.9 Å². The number of nitrogens with zero attached hydrogens (tertiary/aromatic N) is 1. The zero-order valence-corrected chi connectivity index (χ0v) is 16.6. The summed E-state index contributed by atoms with van der Waals surface area (Å²) in [6.07, 6.45) is 2.70. The number of anilines is 1. The van der Waals surface area contributed by atoms with Gasteiger partial charge < -0.3 is 15.4 Å². The summed E-state index contributed by atoms with van der Waals surface area (Å²) < 4.78 is 17.9. The van der Waals surface area contributed by atoms with Crippen molar-refractivity contribution < 1.29 is 28.3 Å². The van der Waals surface area contributed by atoms with Crippen LogP contribution in [0.3, 0.4) is 0 Å². The second kappa shape index (κ2) is 8.36. The van der Waals surface area contributed by atoms with Gasteiger partial charge in [0.15, 0.2) is 6.61 Å². The Morgan fingerprint density at radius 2 is 2.03 bits per heavy atom. The summed E-state index contributed by atoms with van der Waals surface area (Å²) in [6, 6.07) is 2.79. The minimum atomic E-state index is -0.944. The van der Waals surface area contributed by atoms with Crippen molar-refractivity contribution in [3.8, 4) is 0 Å². The first-order valence-corrected chi connectivity index (χ1v) is 9.62.